The van der Waals surface area contributed by atoms with Crippen molar-refractivity contribution in [1.82, 2.24) is 0 Å². The number of ketones is 1. The lowest BCUT2D eigenvalue weighted by molar-refractivity contribution is -0.114. The van der Waals surface area contributed by atoms with Crippen LogP contribution in [-0.2, 0) is 9.53 Å². The Morgan fingerprint density at radius 1 is 1.13 bits per heavy atom. The molecular formula is C20H32O3. The average Bonchev–Trinajstić information content (AvgIpc) is 3.08. The second-order valence-electron chi connectivity index (χ2n) is 7.14. The number of hydrogen-bond acceptors (Lipinski definition) is 3. The first-order valence-electron chi connectivity index (χ1n) is 8.54. The van der Waals surface area contributed by atoms with Gasteiger partial charge in [0.1, 0.15) is 6.10 Å². The topological polar surface area (TPSA) is 49.8 Å². The van der Waals surface area contributed by atoms with Crippen LogP contribution in [0.4, 0.5) is 0 Å². The molecule has 1 N–H and O–H groups in total. The molecule has 1 aliphatic heterocycles. The van der Waals surface area contributed by atoms with Crippen molar-refractivity contribution in [3.8, 4) is 0 Å². The van der Waals surface area contributed by atoms with Crippen molar-refractivity contribution >= 4 is 5.78 Å². The molecule has 0 amide bonds. The van der Waals surface area contributed by atoms with E-state index in [4.69, 9.17) is 9.84 Å². The van der Waals surface area contributed by atoms with Crippen molar-refractivity contribution in [3.05, 3.63) is 34.9 Å². The van der Waals surface area contributed by atoms with Crippen LogP contribution in [0.5, 0.6) is 0 Å². The summed E-state index contributed by atoms with van der Waals surface area (Å²) in [5.41, 5.74) is 3.45. The summed E-state index contributed by atoms with van der Waals surface area (Å²) in [6.07, 6.45) is 10.6. The van der Waals surface area contributed by atoms with Crippen LogP contribution in [0.15, 0.2) is 34.9 Å². The summed E-state index contributed by atoms with van der Waals surface area (Å²) in [6.45, 7) is 10.2. The highest BCUT2D eigenvalue weighted by Gasteiger charge is 2.50. The minimum atomic E-state index is -0.118. The molecule has 1 heterocycles. The van der Waals surface area contributed by atoms with Crippen LogP contribution in [0.2, 0.25) is 0 Å². The third-order valence-electron chi connectivity index (χ3n) is 4.27. The third-order valence-corrected chi connectivity index (χ3v) is 4.27. The fourth-order valence-electron chi connectivity index (χ4n) is 2.71. The highest BCUT2D eigenvalue weighted by Crippen LogP contribution is 2.39. The molecule has 0 aromatic rings. The molecule has 0 radical (unpaired) electrons. The molecule has 3 nitrogen and oxygen atoms in total. The molecule has 0 bridgehead atoms. The number of carbonyl (C=O) groups is 1. The highest BCUT2D eigenvalue weighted by molar-refractivity contribution is 5.91. The molecule has 1 aliphatic rings. The number of aliphatic hydroxyl groups excluding tert-OH is 1. The largest absolute Gasteiger partial charge is 0.394 e. The molecule has 0 aromatic heterocycles. The monoisotopic (exact) mass is 320 g/mol. The Hall–Kier alpha value is -1.19. The van der Waals surface area contributed by atoms with Gasteiger partial charge in [0.05, 0.1) is 12.2 Å². The van der Waals surface area contributed by atoms with Crippen molar-refractivity contribution in [2.24, 2.45) is 0 Å². The first-order valence-corrected chi connectivity index (χ1v) is 8.54. The third kappa shape index (κ3) is 7.76. The minimum absolute atomic E-state index is 0.0279. The lowest BCUT2D eigenvalue weighted by Crippen LogP contribution is -2.11. The maximum absolute atomic E-state index is 11.7. The van der Waals surface area contributed by atoms with Crippen molar-refractivity contribution in [2.45, 2.75) is 78.4 Å². The molecular weight excluding hydrogens is 288 g/mol. The average molecular weight is 320 g/mol. The Morgan fingerprint density at radius 2 is 1.78 bits per heavy atom. The van der Waals surface area contributed by atoms with Crippen LogP contribution in [0.1, 0.15) is 66.7 Å². The molecule has 1 rings (SSSR count). The fraction of sp³-hybridized carbons (Fsp3) is 0.650. The molecule has 0 spiro atoms. The van der Waals surface area contributed by atoms with Crippen LogP contribution >= 0.6 is 0 Å². The lowest BCUT2D eigenvalue weighted by atomic mass is 10.00. The maximum Gasteiger partial charge on any atom is 0.159 e. The van der Waals surface area contributed by atoms with E-state index in [0.717, 1.165) is 36.8 Å². The van der Waals surface area contributed by atoms with E-state index in [1.807, 2.05) is 20.8 Å². The van der Waals surface area contributed by atoms with Gasteiger partial charge < -0.3 is 9.84 Å². The van der Waals surface area contributed by atoms with E-state index in [-0.39, 0.29) is 24.1 Å². The summed E-state index contributed by atoms with van der Waals surface area (Å²) < 4.78 is 5.49. The number of hydrogen-bond donors (Lipinski definition) is 1. The Labute approximate surface area is 141 Å². The van der Waals surface area contributed by atoms with E-state index >= 15 is 0 Å². The van der Waals surface area contributed by atoms with Gasteiger partial charge in [-0.25, -0.2) is 0 Å². The van der Waals surface area contributed by atoms with Crippen LogP contribution in [0.3, 0.4) is 0 Å². The van der Waals surface area contributed by atoms with Gasteiger partial charge >= 0.3 is 0 Å². The standard InChI is InChI=1S/C20H32O3/c1-15(2)12-18(22)13-17(4)9-6-8-16(3)10-7-11-20(5)19(14-21)23-20/h9-10,12,19,21H,6-8,11,13-14H2,1-5H3/b16-10+,17-9+. The van der Waals surface area contributed by atoms with Crippen LogP contribution < -0.4 is 0 Å². The van der Waals surface area contributed by atoms with E-state index < -0.39 is 0 Å². The minimum Gasteiger partial charge on any atom is -0.394 e. The van der Waals surface area contributed by atoms with Crippen molar-refractivity contribution in [2.75, 3.05) is 6.61 Å². The summed E-state index contributed by atoms with van der Waals surface area (Å²) in [5.74, 6) is 0.183. The Morgan fingerprint density at radius 3 is 2.35 bits per heavy atom. The zero-order valence-electron chi connectivity index (χ0n) is 15.3. The van der Waals surface area contributed by atoms with E-state index in [1.54, 1.807) is 6.08 Å². The molecule has 0 saturated carbocycles. The van der Waals surface area contributed by atoms with Gasteiger partial charge in [-0.2, -0.15) is 0 Å². The van der Waals surface area contributed by atoms with Gasteiger partial charge in [0.25, 0.3) is 0 Å². The van der Waals surface area contributed by atoms with Crippen molar-refractivity contribution < 1.29 is 14.6 Å². The summed E-state index contributed by atoms with van der Waals surface area (Å²) in [4.78, 5) is 11.7. The quantitative estimate of drug-likeness (QED) is 0.366. The molecule has 23 heavy (non-hydrogen) atoms. The number of allylic oxidation sites excluding steroid dienone is 6. The van der Waals surface area contributed by atoms with E-state index in [2.05, 4.69) is 26.0 Å². The van der Waals surface area contributed by atoms with Crippen molar-refractivity contribution in [1.29, 1.82) is 0 Å². The maximum atomic E-state index is 11.7. The van der Waals surface area contributed by atoms with Crippen molar-refractivity contribution in [3.63, 3.8) is 0 Å². The van der Waals surface area contributed by atoms with E-state index in [9.17, 15) is 4.79 Å². The summed E-state index contributed by atoms with van der Waals surface area (Å²) in [6, 6.07) is 0. The summed E-state index contributed by atoms with van der Waals surface area (Å²) in [5, 5.41) is 9.05. The Balaban J connectivity index is 2.25. The lowest BCUT2D eigenvalue weighted by Gasteiger charge is -2.04. The Kier molecular flexibility index (Phi) is 7.93. The smallest absolute Gasteiger partial charge is 0.159 e. The first-order chi connectivity index (χ1) is 10.8. The second-order valence-corrected chi connectivity index (χ2v) is 7.14. The van der Waals surface area contributed by atoms with Gasteiger partial charge in [0, 0.05) is 6.42 Å². The molecule has 2 atom stereocenters. The molecule has 0 aliphatic carbocycles. The molecule has 1 fully saturated rings. The summed E-state index contributed by atoms with van der Waals surface area (Å²) >= 11 is 0. The SMILES string of the molecule is CC(C)=CC(=O)C/C(C)=C/CC/C(C)=C/CCC1(C)OC1CO. The fourth-order valence-corrected chi connectivity index (χ4v) is 2.71. The van der Waals surface area contributed by atoms with Crippen LogP contribution in [0.25, 0.3) is 0 Å². The second kappa shape index (κ2) is 9.19. The zero-order chi connectivity index (χ0) is 17.5. The highest BCUT2D eigenvalue weighted by atomic mass is 16.6. The van der Waals surface area contributed by atoms with Gasteiger partial charge in [-0.05, 0) is 66.4 Å². The molecule has 0 aromatic carbocycles. The molecule has 1 saturated heterocycles. The van der Waals surface area contributed by atoms with Gasteiger partial charge in [-0.15, -0.1) is 0 Å². The number of ether oxygens (including phenoxy) is 1. The number of aliphatic hydroxyl groups is 1. The van der Waals surface area contributed by atoms with Gasteiger partial charge in [-0.1, -0.05) is 28.9 Å². The van der Waals surface area contributed by atoms with Crippen LogP contribution in [0, 0.1) is 0 Å². The van der Waals surface area contributed by atoms with E-state index in [0.29, 0.717) is 6.42 Å². The first kappa shape index (κ1) is 19.9. The van der Waals surface area contributed by atoms with Gasteiger partial charge in [-0.3, -0.25) is 4.79 Å². The number of epoxide rings is 1. The normalized spacial score (nSPS) is 24.5. The van der Waals surface area contributed by atoms with Gasteiger partial charge in [0.2, 0.25) is 0 Å². The van der Waals surface area contributed by atoms with Gasteiger partial charge in [0.15, 0.2) is 5.78 Å². The summed E-state index contributed by atoms with van der Waals surface area (Å²) in [7, 11) is 0. The number of carbonyl (C=O) groups excluding carboxylic acids is 1. The Bertz CT molecular complexity index is 495. The van der Waals surface area contributed by atoms with Crippen LogP contribution in [-0.4, -0.2) is 29.2 Å². The molecule has 3 heteroatoms. The zero-order valence-corrected chi connectivity index (χ0v) is 15.3. The molecule has 130 valence electrons. The predicted molar refractivity (Wildman–Crippen MR) is 95.4 cm³/mol. The van der Waals surface area contributed by atoms with E-state index in [1.165, 1.54) is 5.57 Å². The molecule has 2 unspecified atom stereocenters. The predicted octanol–water partition coefficient (Wildman–Crippen LogP) is 4.51. The number of rotatable bonds is 10.